The molecule has 3 nitrogen and oxygen atoms in total. The number of anilines is 1. The molecule has 0 aliphatic carbocycles. The van der Waals surface area contributed by atoms with Crippen LogP contribution in [-0.4, -0.2) is 10.9 Å². The van der Waals surface area contributed by atoms with Crippen molar-refractivity contribution in [2.24, 2.45) is 5.73 Å². The van der Waals surface area contributed by atoms with Gasteiger partial charge in [-0.2, -0.15) is 0 Å². The summed E-state index contributed by atoms with van der Waals surface area (Å²) in [5.41, 5.74) is 5.22. The van der Waals surface area contributed by atoms with E-state index in [0.717, 1.165) is 12.1 Å². The molecule has 2 aromatic carbocycles. The second-order valence-electron chi connectivity index (χ2n) is 4.11. The van der Waals surface area contributed by atoms with Gasteiger partial charge in [0.25, 0.3) is 5.91 Å². The zero-order valence-corrected chi connectivity index (χ0v) is 12.1. The fraction of sp³-hybridized carbons (Fsp3) is 0. The Morgan fingerprint density at radius 3 is 2.48 bits per heavy atom. The predicted molar refractivity (Wildman–Crippen MR) is 81.7 cm³/mol. The Morgan fingerprint density at radius 1 is 1.19 bits per heavy atom. The minimum atomic E-state index is -0.847. The zero-order valence-electron chi connectivity index (χ0n) is 10.5. The Kier molecular flexibility index (Phi) is 4.50. The quantitative estimate of drug-likeness (QED) is 0.849. The molecule has 3 N–H and O–H groups in total. The highest BCUT2D eigenvalue weighted by atomic mass is 35.5. The van der Waals surface area contributed by atoms with Crippen LogP contribution in [0.5, 0.6) is 0 Å². The normalized spacial score (nSPS) is 10.2. The molecule has 0 aromatic heterocycles. The van der Waals surface area contributed by atoms with E-state index in [1.165, 1.54) is 24.3 Å². The van der Waals surface area contributed by atoms with E-state index in [2.05, 4.69) is 5.32 Å². The van der Waals surface area contributed by atoms with Gasteiger partial charge in [-0.3, -0.25) is 4.79 Å². The van der Waals surface area contributed by atoms with Crippen molar-refractivity contribution >= 4 is 40.4 Å². The van der Waals surface area contributed by atoms with Crippen LogP contribution in [0.4, 0.5) is 14.5 Å². The van der Waals surface area contributed by atoms with Gasteiger partial charge in [-0.05, 0) is 30.3 Å². The summed E-state index contributed by atoms with van der Waals surface area (Å²) in [6.45, 7) is 0. The smallest absolute Gasteiger partial charge is 0.260 e. The Hall–Kier alpha value is -2.05. The van der Waals surface area contributed by atoms with Gasteiger partial charge in [0.1, 0.15) is 16.6 Å². The monoisotopic (exact) mass is 326 g/mol. The highest BCUT2D eigenvalue weighted by Crippen LogP contribution is 2.22. The van der Waals surface area contributed by atoms with E-state index in [9.17, 15) is 13.6 Å². The van der Waals surface area contributed by atoms with Crippen molar-refractivity contribution in [3.8, 4) is 0 Å². The van der Waals surface area contributed by atoms with Crippen LogP contribution in [0.3, 0.4) is 0 Å². The number of benzene rings is 2. The van der Waals surface area contributed by atoms with Gasteiger partial charge >= 0.3 is 0 Å². The number of rotatable bonds is 3. The summed E-state index contributed by atoms with van der Waals surface area (Å²) in [7, 11) is 0. The van der Waals surface area contributed by atoms with Crippen molar-refractivity contribution in [3.63, 3.8) is 0 Å². The van der Waals surface area contributed by atoms with Gasteiger partial charge in [-0.15, -0.1) is 0 Å². The maximum atomic E-state index is 13.8. The maximum absolute atomic E-state index is 13.8. The van der Waals surface area contributed by atoms with Crippen molar-refractivity contribution < 1.29 is 13.6 Å². The van der Waals surface area contributed by atoms with Gasteiger partial charge in [-0.25, -0.2) is 8.78 Å². The lowest BCUT2D eigenvalue weighted by atomic mass is 10.1. The highest BCUT2D eigenvalue weighted by molar-refractivity contribution is 7.80. The van der Waals surface area contributed by atoms with Gasteiger partial charge in [0.2, 0.25) is 0 Å². The van der Waals surface area contributed by atoms with E-state index >= 15 is 0 Å². The molecule has 0 radical (unpaired) electrons. The van der Waals surface area contributed by atoms with Crippen molar-refractivity contribution in [1.82, 2.24) is 0 Å². The first-order valence-corrected chi connectivity index (χ1v) is 6.53. The summed E-state index contributed by atoms with van der Waals surface area (Å²) < 4.78 is 27.4. The van der Waals surface area contributed by atoms with Crippen LogP contribution in [0.2, 0.25) is 5.02 Å². The number of nitrogens with two attached hydrogens (primary N) is 1. The van der Waals surface area contributed by atoms with Crippen molar-refractivity contribution in [1.29, 1.82) is 0 Å². The molecular formula is C14H9ClF2N2OS. The minimum absolute atomic E-state index is 0.0314. The molecule has 0 heterocycles. The molecule has 2 rings (SSSR count). The third kappa shape index (κ3) is 3.34. The molecule has 0 bridgehead atoms. The van der Waals surface area contributed by atoms with Crippen molar-refractivity contribution in [2.45, 2.75) is 0 Å². The molecule has 0 unspecified atom stereocenters. The van der Waals surface area contributed by atoms with Crippen LogP contribution < -0.4 is 11.1 Å². The number of carbonyl (C=O) groups excluding carboxylic acids is 1. The highest BCUT2D eigenvalue weighted by Gasteiger charge is 2.17. The summed E-state index contributed by atoms with van der Waals surface area (Å²) in [6, 6.07) is 7.65. The number of hydrogen-bond acceptors (Lipinski definition) is 2. The molecule has 2 aromatic rings. The lowest BCUT2D eigenvalue weighted by Gasteiger charge is -2.09. The number of nitrogens with one attached hydrogen (secondary N) is 1. The van der Waals surface area contributed by atoms with Crippen LogP contribution in [0.1, 0.15) is 15.9 Å². The summed E-state index contributed by atoms with van der Waals surface area (Å²) in [5.74, 6) is -2.37. The first-order valence-electron chi connectivity index (χ1n) is 5.75. The standard InChI is InChI=1S/C14H9ClF2N2OS/c15-8-2-1-3-9(16)12(8)14(20)19-11-5-4-7(13(18)21)6-10(11)17/h1-6H,(H2,18,21)(H,19,20). The molecule has 0 saturated carbocycles. The molecule has 1 amide bonds. The zero-order chi connectivity index (χ0) is 15.6. The Balaban J connectivity index is 2.30. The van der Waals surface area contributed by atoms with Crippen LogP contribution in [0.15, 0.2) is 36.4 Å². The summed E-state index contributed by atoms with van der Waals surface area (Å²) in [5, 5.41) is 2.19. The number of carbonyl (C=O) groups is 1. The molecule has 7 heteroatoms. The molecule has 0 fully saturated rings. The van der Waals surface area contributed by atoms with E-state index in [4.69, 9.17) is 29.6 Å². The summed E-state index contributed by atoms with van der Waals surface area (Å²) in [4.78, 5) is 12.0. The van der Waals surface area contributed by atoms with Gasteiger partial charge in [-0.1, -0.05) is 29.9 Å². The van der Waals surface area contributed by atoms with Crippen molar-refractivity contribution in [2.75, 3.05) is 5.32 Å². The molecule has 0 atom stereocenters. The van der Waals surface area contributed by atoms with Gasteiger partial charge < -0.3 is 11.1 Å². The summed E-state index contributed by atoms with van der Waals surface area (Å²) in [6.07, 6.45) is 0. The molecule has 0 saturated heterocycles. The van der Waals surface area contributed by atoms with E-state index in [0.29, 0.717) is 5.56 Å². The van der Waals surface area contributed by atoms with E-state index < -0.39 is 17.5 Å². The topological polar surface area (TPSA) is 55.1 Å². The lowest BCUT2D eigenvalue weighted by Crippen LogP contribution is -2.16. The minimum Gasteiger partial charge on any atom is -0.389 e. The molecule has 0 spiro atoms. The second kappa shape index (κ2) is 6.15. The number of hydrogen-bond donors (Lipinski definition) is 2. The number of thiocarbonyl (C=S) groups is 1. The molecular weight excluding hydrogens is 318 g/mol. The van der Waals surface area contributed by atoms with Gasteiger partial charge in [0.15, 0.2) is 0 Å². The Morgan fingerprint density at radius 2 is 1.90 bits per heavy atom. The van der Waals surface area contributed by atoms with Crippen molar-refractivity contribution in [3.05, 3.63) is 64.2 Å². The van der Waals surface area contributed by atoms with E-state index in [-0.39, 0.29) is 21.3 Å². The number of halogens is 3. The Labute approximate surface area is 129 Å². The SMILES string of the molecule is NC(=S)c1ccc(NC(=O)c2c(F)cccc2Cl)c(F)c1. The third-order valence-corrected chi connectivity index (χ3v) is 3.24. The number of amides is 1. The Bertz CT molecular complexity index is 717. The summed E-state index contributed by atoms with van der Waals surface area (Å²) >= 11 is 10.5. The fourth-order valence-corrected chi connectivity index (χ4v) is 2.05. The maximum Gasteiger partial charge on any atom is 0.260 e. The van der Waals surface area contributed by atoms with Crippen LogP contribution in [0, 0.1) is 11.6 Å². The first kappa shape index (κ1) is 15.3. The van der Waals surface area contributed by atoms with E-state index in [1.807, 2.05) is 0 Å². The molecule has 21 heavy (non-hydrogen) atoms. The first-order chi connectivity index (χ1) is 9.90. The van der Waals surface area contributed by atoms with Crippen LogP contribution in [0.25, 0.3) is 0 Å². The lowest BCUT2D eigenvalue weighted by molar-refractivity contribution is 0.102. The predicted octanol–water partition coefficient (Wildman–Crippen LogP) is 3.50. The fourth-order valence-electron chi connectivity index (χ4n) is 1.67. The molecule has 0 aliphatic heterocycles. The van der Waals surface area contributed by atoms with E-state index in [1.54, 1.807) is 0 Å². The average Bonchev–Trinajstić information content (AvgIpc) is 2.40. The molecule has 108 valence electrons. The second-order valence-corrected chi connectivity index (χ2v) is 4.96. The largest absolute Gasteiger partial charge is 0.389 e. The van der Waals surface area contributed by atoms with Crippen LogP contribution in [-0.2, 0) is 0 Å². The third-order valence-electron chi connectivity index (χ3n) is 2.69. The van der Waals surface area contributed by atoms with Crippen LogP contribution >= 0.6 is 23.8 Å². The molecule has 0 aliphatic rings. The average molecular weight is 327 g/mol. The van der Waals surface area contributed by atoms with Gasteiger partial charge in [0, 0.05) is 5.56 Å². The van der Waals surface area contributed by atoms with Gasteiger partial charge in [0.05, 0.1) is 16.3 Å².